The number of anilines is 2. The second kappa shape index (κ2) is 5.54. The Morgan fingerprint density at radius 2 is 1.95 bits per heavy atom. The first kappa shape index (κ1) is 13.8. The number of hydrogen-bond donors (Lipinski definition) is 2. The van der Waals surface area contributed by atoms with Crippen LogP contribution < -0.4 is 10.6 Å². The quantitative estimate of drug-likeness (QED) is 0.820. The largest absolute Gasteiger partial charge is 0.328 e. The summed E-state index contributed by atoms with van der Waals surface area (Å²) in [5.74, 6) is 0. The van der Waals surface area contributed by atoms with Crippen molar-refractivity contribution < 1.29 is 4.79 Å². The first-order valence-electron chi connectivity index (χ1n) is 5.79. The van der Waals surface area contributed by atoms with Crippen molar-refractivity contribution in [3.8, 4) is 0 Å². The minimum atomic E-state index is -0.255. The Morgan fingerprint density at radius 1 is 1.26 bits per heavy atom. The van der Waals surface area contributed by atoms with Crippen LogP contribution in [-0.4, -0.2) is 10.6 Å². The Balaban J connectivity index is 2.12. The maximum Gasteiger partial charge on any atom is 0.324 e. The highest BCUT2D eigenvalue weighted by Crippen LogP contribution is 2.24. The van der Waals surface area contributed by atoms with Crippen molar-refractivity contribution in [1.82, 2.24) is 4.57 Å². The molecule has 6 heteroatoms. The van der Waals surface area contributed by atoms with Crippen molar-refractivity contribution in [2.24, 2.45) is 7.05 Å². The molecular formula is C13H15N3OS2. The zero-order chi connectivity index (χ0) is 14.0. The third-order valence-corrected chi connectivity index (χ3v) is 4.49. The standard InChI is InChI=1S/C13H15N3OS2/c1-8-6-4-5-7-10(8)14-12(17)15-11-9(2)16(3)13(18)19-11/h4-7H,1-3H3,(H2,14,15,17). The Hall–Kier alpha value is -1.66. The highest BCUT2D eigenvalue weighted by Gasteiger charge is 2.10. The van der Waals surface area contributed by atoms with Crippen LogP contribution in [0.3, 0.4) is 0 Å². The molecule has 1 heterocycles. The molecule has 0 aliphatic heterocycles. The van der Waals surface area contributed by atoms with E-state index in [0.717, 1.165) is 25.9 Å². The van der Waals surface area contributed by atoms with Crippen molar-refractivity contribution in [3.63, 3.8) is 0 Å². The van der Waals surface area contributed by atoms with Crippen molar-refractivity contribution in [1.29, 1.82) is 0 Å². The molecule has 100 valence electrons. The van der Waals surface area contributed by atoms with Crippen LogP contribution in [0.4, 0.5) is 15.5 Å². The van der Waals surface area contributed by atoms with Gasteiger partial charge in [0.15, 0.2) is 3.95 Å². The van der Waals surface area contributed by atoms with Crippen LogP contribution in [0, 0.1) is 17.8 Å². The number of carbonyl (C=O) groups excluding carboxylic acids is 1. The fraction of sp³-hybridized carbons (Fsp3) is 0.231. The van der Waals surface area contributed by atoms with Crippen LogP contribution in [0.25, 0.3) is 0 Å². The third-order valence-electron chi connectivity index (χ3n) is 2.92. The number of benzene rings is 1. The zero-order valence-corrected chi connectivity index (χ0v) is 12.6. The van der Waals surface area contributed by atoms with Crippen molar-refractivity contribution in [2.45, 2.75) is 13.8 Å². The molecule has 1 aromatic carbocycles. The van der Waals surface area contributed by atoms with Gasteiger partial charge in [-0.05, 0) is 37.7 Å². The summed E-state index contributed by atoms with van der Waals surface area (Å²) in [4.78, 5) is 11.9. The molecule has 2 amide bonds. The number of carbonyl (C=O) groups is 1. The number of nitrogens with one attached hydrogen (secondary N) is 2. The number of urea groups is 1. The van der Waals surface area contributed by atoms with Gasteiger partial charge in [-0.1, -0.05) is 29.5 Å². The Morgan fingerprint density at radius 3 is 2.53 bits per heavy atom. The maximum absolute atomic E-state index is 11.9. The molecule has 4 nitrogen and oxygen atoms in total. The number of hydrogen-bond acceptors (Lipinski definition) is 3. The summed E-state index contributed by atoms with van der Waals surface area (Å²) in [5, 5.41) is 6.43. The maximum atomic E-state index is 11.9. The van der Waals surface area contributed by atoms with Crippen LogP contribution in [-0.2, 0) is 7.05 Å². The fourth-order valence-electron chi connectivity index (χ4n) is 1.60. The predicted molar refractivity (Wildman–Crippen MR) is 82.7 cm³/mol. The average molecular weight is 293 g/mol. The monoisotopic (exact) mass is 293 g/mol. The van der Waals surface area contributed by atoms with Gasteiger partial charge in [-0.25, -0.2) is 4.79 Å². The lowest BCUT2D eigenvalue weighted by molar-refractivity contribution is 0.262. The van der Waals surface area contributed by atoms with Crippen LogP contribution >= 0.6 is 23.6 Å². The number of rotatable bonds is 2. The summed E-state index contributed by atoms with van der Waals surface area (Å²) in [6.07, 6.45) is 0. The predicted octanol–water partition coefficient (Wildman–Crippen LogP) is 4.08. The van der Waals surface area contributed by atoms with E-state index >= 15 is 0 Å². The molecule has 2 aromatic rings. The first-order valence-corrected chi connectivity index (χ1v) is 7.01. The van der Waals surface area contributed by atoms with Gasteiger partial charge >= 0.3 is 6.03 Å². The number of nitrogens with zero attached hydrogens (tertiary/aromatic N) is 1. The molecule has 0 aliphatic rings. The van der Waals surface area contributed by atoms with Crippen LogP contribution in [0.2, 0.25) is 0 Å². The Bertz CT molecular complexity index is 673. The van der Waals surface area contributed by atoms with Crippen molar-refractivity contribution >= 4 is 40.3 Å². The summed E-state index contributed by atoms with van der Waals surface area (Å²) in [7, 11) is 1.89. The summed E-state index contributed by atoms with van der Waals surface area (Å²) in [5.41, 5.74) is 2.78. The van der Waals surface area contributed by atoms with E-state index in [0.29, 0.717) is 0 Å². The highest BCUT2D eigenvalue weighted by atomic mass is 32.1. The minimum absolute atomic E-state index is 0.255. The molecule has 0 saturated carbocycles. The fourth-order valence-corrected chi connectivity index (χ4v) is 2.87. The molecular weight excluding hydrogens is 278 g/mol. The number of para-hydroxylation sites is 1. The number of aromatic nitrogens is 1. The van der Waals surface area contributed by atoms with E-state index in [1.165, 1.54) is 11.3 Å². The summed E-state index contributed by atoms with van der Waals surface area (Å²) >= 11 is 6.56. The van der Waals surface area contributed by atoms with E-state index < -0.39 is 0 Å². The lowest BCUT2D eigenvalue weighted by atomic mass is 10.2. The van der Waals surface area contributed by atoms with E-state index in [4.69, 9.17) is 12.2 Å². The van der Waals surface area contributed by atoms with E-state index in [2.05, 4.69) is 10.6 Å². The van der Waals surface area contributed by atoms with Crippen LogP contribution in [0.1, 0.15) is 11.3 Å². The van der Waals surface area contributed by atoms with E-state index in [9.17, 15) is 4.79 Å². The van der Waals surface area contributed by atoms with Gasteiger partial charge in [-0.15, -0.1) is 0 Å². The summed E-state index contributed by atoms with van der Waals surface area (Å²) in [6, 6.07) is 7.39. The summed E-state index contributed by atoms with van der Waals surface area (Å²) < 4.78 is 2.62. The molecule has 0 saturated heterocycles. The number of aryl methyl sites for hydroxylation is 1. The Labute approximate surface area is 121 Å². The molecule has 2 N–H and O–H groups in total. The molecule has 1 aromatic heterocycles. The SMILES string of the molecule is Cc1ccccc1NC(=O)Nc1sc(=S)n(C)c1C. The van der Waals surface area contributed by atoms with Gasteiger partial charge in [-0.2, -0.15) is 0 Å². The number of thiazole rings is 1. The van der Waals surface area contributed by atoms with Gasteiger partial charge in [0.25, 0.3) is 0 Å². The second-order valence-corrected chi connectivity index (χ2v) is 5.88. The van der Waals surface area contributed by atoms with E-state index in [-0.39, 0.29) is 6.03 Å². The van der Waals surface area contributed by atoms with Gasteiger partial charge in [-0.3, -0.25) is 5.32 Å². The molecule has 0 atom stereocenters. The Kier molecular flexibility index (Phi) is 4.01. The van der Waals surface area contributed by atoms with Gasteiger partial charge in [0, 0.05) is 12.7 Å². The topological polar surface area (TPSA) is 46.1 Å². The zero-order valence-electron chi connectivity index (χ0n) is 11.0. The van der Waals surface area contributed by atoms with E-state index in [1.807, 2.05) is 49.7 Å². The highest BCUT2D eigenvalue weighted by molar-refractivity contribution is 7.73. The van der Waals surface area contributed by atoms with Crippen molar-refractivity contribution in [3.05, 3.63) is 39.5 Å². The molecule has 19 heavy (non-hydrogen) atoms. The smallest absolute Gasteiger partial charge is 0.324 e. The minimum Gasteiger partial charge on any atom is -0.328 e. The molecule has 0 bridgehead atoms. The average Bonchev–Trinajstić information content (AvgIpc) is 2.60. The first-order chi connectivity index (χ1) is 8.99. The second-order valence-electron chi connectivity index (χ2n) is 4.24. The molecule has 0 fully saturated rings. The lowest BCUT2D eigenvalue weighted by Crippen LogP contribution is -2.20. The third kappa shape index (κ3) is 3.02. The van der Waals surface area contributed by atoms with Gasteiger partial charge < -0.3 is 9.88 Å². The van der Waals surface area contributed by atoms with Crippen LogP contribution in [0.15, 0.2) is 24.3 Å². The van der Waals surface area contributed by atoms with Gasteiger partial charge in [0.2, 0.25) is 0 Å². The lowest BCUT2D eigenvalue weighted by Gasteiger charge is -2.09. The molecule has 0 radical (unpaired) electrons. The molecule has 0 spiro atoms. The van der Waals surface area contributed by atoms with Gasteiger partial charge in [0.05, 0.1) is 5.69 Å². The number of amides is 2. The van der Waals surface area contributed by atoms with Gasteiger partial charge in [0.1, 0.15) is 5.00 Å². The normalized spacial score (nSPS) is 10.3. The van der Waals surface area contributed by atoms with Crippen molar-refractivity contribution in [2.75, 3.05) is 10.6 Å². The summed E-state index contributed by atoms with van der Waals surface area (Å²) in [6.45, 7) is 3.88. The molecule has 2 rings (SSSR count). The van der Waals surface area contributed by atoms with Crippen LogP contribution in [0.5, 0.6) is 0 Å². The molecule has 0 aliphatic carbocycles. The van der Waals surface area contributed by atoms with E-state index in [1.54, 1.807) is 0 Å². The molecule has 0 unspecified atom stereocenters.